The maximum atomic E-state index is 14.3. The Morgan fingerprint density at radius 1 is 1.18 bits per heavy atom. The quantitative estimate of drug-likeness (QED) is 0.675. The predicted molar refractivity (Wildman–Crippen MR) is 111 cm³/mol. The number of nitrogens with two attached hydrogens (primary N) is 1. The van der Waals surface area contributed by atoms with E-state index in [9.17, 15) is 9.18 Å². The molecule has 3 atom stereocenters. The van der Waals surface area contributed by atoms with Crippen molar-refractivity contribution in [3.8, 4) is 5.75 Å². The normalized spacial score (nSPS) is 16.4. The van der Waals surface area contributed by atoms with E-state index in [4.69, 9.17) is 10.5 Å². The first-order valence-electron chi connectivity index (χ1n) is 9.49. The Balaban J connectivity index is 0.00000280. The highest BCUT2D eigenvalue weighted by atomic mass is 35.5. The van der Waals surface area contributed by atoms with Crippen LogP contribution in [-0.4, -0.2) is 12.5 Å². The van der Waals surface area contributed by atoms with Crippen LogP contribution < -0.4 is 15.8 Å². The van der Waals surface area contributed by atoms with Crippen LogP contribution in [0.5, 0.6) is 5.75 Å². The lowest BCUT2D eigenvalue weighted by molar-refractivity contribution is -0.125. The van der Waals surface area contributed by atoms with Gasteiger partial charge in [-0.25, -0.2) is 4.39 Å². The van der Waals surface area contributed by atoms with Crippen LogP contribution in [0.2, 0.25) is 0 Å². The molecule has 2 aromatic rings. The summed E-state index contributed by atoms with van der Waals surface area (Å²) >= 11 is 0. The molecule has 1 saturated carbocycles. The Morgan fingerprint density at radius 3 is 2.46 bits per heavy atom. The maximum Gasteiger partial charge on any atom is 0.225 e. The Bertz CT molecular complexity index is 783. The number of nitrogens with one attached hydrogen (secondary N) is 1. The molecule has 0 heterocycles. The second-order valence-electron chi connectivity index (χ2n) is 7.40. The van der Waals surface area contributed by atoms with Gasteiger partial charge in [0.25, 0.3) is 0 Å². The lowest BCUT2D eigenvalue weighted by Crippen LogP contribution is -2.36. The van der Waals surface area contributed by atoms with Crippen LogP contribution in [0.15, 0.2) is 48.5 Å². The number of rotatable bonds is 8. The number of hydrogen-bond donors (Lipinski definition) is 2. The van der Waals surface area contributed by atoms with Crippen molar-refractivity contribution in [2.45, 2.75) is 38.8 Å². The summed E-state index contributed by atoms with van der Waals surface area (Å²) < 4.78 is 19.8. The van der Waals surface area contributed by atoms with Crippen molar-refractivity contribution in [2.24, 2.45) is 17.6 Å². The smallest absolute Gasteiger partial charge is 0.225 e. The van der Waals surface area contributed by atoms with Crippen molar-refractivity contribution < 1.29 is 13.9 Å². The molecule has 3 rings (SSSR count). The second kappa shape index (κ2) is 9.89. The summed E-state index contributed by atoms with van der Waals surface area (Å²) in [6, 6.07) is 13.7. The molecule has 0 radical (unpaired) electrons. The molecule has 6 heteroatoms. The van der Waals surface area contributed by atoms with Crippen LogP contribution in [0.1, 0.15) is 49.9 Å². The topological polar surface area (TPSA) is 64.4 Å². The van der Waals surface area contributed by atoms with E-state index < -0.39 is 17.8 Å². The zero-order valence-corrected chi connectivity index (χ0v) is 17.0. The molecule has 152 valence electrons. The molecule has 28 heavy (non-hydrogen) atoms. The largest absolute Gasteiger partial charge is 0.490 e. The molecular formula is C22H28ClFN2O2. The summed E-state index contributed by atoms with van der Waals surface area (Å²) in [5, 5.41) is 2.93. The van der Waals surface area contributed by atoms with Gasteiger partial charge >= 0.3 is 0 Å². The van der Waals surface area contributed by atoms with Crippen LogP contribution in [0.4, 0.5) is 4.39 Å². The van der Waals surface area contributed by atoms with Gasteiger partial charge in [-0.05, 0) is 48.9 Å². The summed E-state index contributed by atoms with van der Waals surface area (Å²) in [7, 11) is 0. The fraction of sp³-hybridized carbons (Fsp3) is 0.409. The van der Waals surface area contributed by atoms with Gasteiger partial charge in [0.1, 0.15) is 0 Å². The molecule has 1 aliphatic rings. The molecule has 2 aromatic carbocycles. The highest BCUT2D eigenvalue weighted by Gasteiger charge is 2.24. The highest BCUT2D eigenvalue weighted by molar-refractivity contribution is 5.85. The third kappa shape index (κ3) is 5.69. The van der Waals surface area contributed by atoms with E-state index >= 15 is 0 Å². The van der Waals surface area contributed by atoms with E-state index in [2.05, 4.69) is 5.32 Å². The molecule has 0 spiro atoms. The Labute approximate surface area is 172 Å². The molecule has 3 unspecified atom stereocenters. The van der Waals surface area contributed by atoms with Crippen molar-refractivity contribution in [3.63, 3.8) is 0 Å². The van der Waals surface area contributed by atoms with Crippen molar-refractivity contribution in [1.82, 2.24) is 5.32 Å². The lowest BCUT2D eigenvalue weighted by atomic mass is 9.94. The monoisotopic (exact) mass is 406 g/mol. The third-order valence-electron chi connectivity index (χ3n) is 5.12. The minimum absolute atomic E-state index is 0. The lowest BCUT2D eigenvalue weighted by Gasteiger charge is -2.23. The van der Waals surface area contributed by atoms with Crippen LogP contribution in [-0.2, 0) is 4.79 Å². The van der Waals surface area contributed by atoms with Crippen LogP contribution in [0, 0.1) is 17.7 Å². The van der Waals surface area contributed by atoms with Crippen LogP contribution in [0.3, 0.4) is 0 Å². The molecule has 4 nitrogen and oxygen atoms in total. The number of ether oxygens (including phenoxy) is 1. The summed E-state index contributed by atoms with van der Waals surface area (Å²) in [6.07, 6.45) is 2.32. The minimum Gasteiger partial charge on any atom is -0.490 e. The second-order valence-corrected chi connectivity index (χ2v) is 7.40. The average Bonchev–Trinajstić information content (AvgIpc) is 3.50. The van der Waals surface area contributed by atoms with Gasteiger partial charge in [-0.1, -0.05) is 43.3 Å². The Kier molecular flexibility index (Phi) is 7.84. The molecule has 1 fully saturated rings. The summed E-state index contributed by atoms with van der Waals surface area (Å²) in [5.41, 5.74) is 7.83. The summed E-state index contributed by atoms with van der Waals surface area (Å²) in [6.45, 7) is 4.20. The number of amides is 1. The van der Waals surface area contributed by atoms with E-state index in [0.29, 0.717) is 18.1 Å². The average molecular weight is 407 g/mol. The number of halogens is 2. The van der Waals surface area contributed by atoms with Gasteiger partial charge in [0.05, 0.1) is 18.6 Å². The van der Waals surface area contributed by atoms with Crippen LogP contribution >= 0.6 is 12.4 Å². The van der Waals surface area contributed by atoms with E-state index in [1.54, 1.807) is 19.1 Å². The fourth-order valence-corrected chi connectivity index (χ4v) is 2.95. The van der Waals surface area contributed by atoms with E-state index in [1.165, 1.54) is 6.07 Å². The Morgan fingerprint density at radius 2 is 1.86 bits per heavy atom. The van der Waals surface area contributed by atoms with Crippen molar-refractivity contribution in [1.29, 1.82) is 0 Å². The van der Waals surface area contributed by atoms with Gasteiger partial charge in [-0.15, -0.1) is 12.4 Å². The van der Waals surface area contributed by atoms with Crippen LogP contribution in [0.25, 0.3) is 0 Å². The third-order valence-corrected chi connectivity index (χ3v) is 5.12. The maximum absolute atomic E-state index is 14.3. The molecule has 1 aliphatic carbocycles. The molecule has 0 bridgehead atoms. The van der Waals surface area contributed by atoms with E-state index in [1.807, 2.05) is 37.3 Å². The highest BCUT2D eigenvalue weighted by Crippen LogP contribution is 2.30. The van der Waals surface area contributed by atoms with Crippen molar-refractivity contribution >= 4 is 18.3 Å². The zero-order valence-electron chi connectivity index (χ0n) is 16.2. The first kappa shape index (κ1) is 22.2. The van der Waals surface area contributed by atoms with Gasteiger partial charge in [0, 0.05) is 6.04 Å². The molecule has 0 aliphatic heterocycles. The molecular weight excluding hydrogens is 379 g/mol. The van der Waals surface area contributed by atoms with Crippen molar-refractivity contribution in [3.05, 3.63) is 65.5 Å². The standard InChI is InChI=1S/C22H27FN2O2.ClH/c1-14(21(24)17-6-4-3-5-7-17)22(26)25-15(2)18-10-11-20(19(23)12-18)27-13-16-8-9-16;/h3-7,10-12,14-16,21H,8-9,13,24H2,1-2H3,(H,25,26);1H. The Hall–Kier alpha value is -2.11. The number of carbonyl (C=O) groups excluding carboxylic acids is 1. The molecule has 3 N–H and O–H groups in total. The molecule has 0 aromatic heterocycles. The summed E-state index contributed by atoms with van der Waals surface area (Å²) in [4.78, 5) is 12.6. The SMILES string of the molecule is CC(NC(=O)C(C)C(N)c1ccccc1)c1ccc(OCC2CC2)c(F)c1.Cl. The molecule has 1 amide bonds. The minimum atomic E-state index is -0.402. The molecule has 0 saturated heterocycles. The number of carbonyl (C=O) groups is 1. The van der Waals surface area contributed by atoms with Gasteiger partial charge in [-0.2, -0.15) is 0 Å². The number of benzene rings is 2. The fourth-order valence-electron chi connectivity index (χ4n) is 2.95. The van der Waals surface area contributed by atoms with E-state index in [0.717, 1.165) is 18.4 Å². The predicted octanol–water partition coefficient (Wildman–Crippen LogP) is 4.55. The van der Waals surface area contributed by atoms with Gasteiger partial charge in [0.15, 0.2) is 11.6 Å². The van der Waals surface area contributed by atoms with E-state index in [-0.39, 0.29) is 30.1 Å². The summed E-state index contributed by atoms with van der Waals surface area (Å²) in [5.74, 6) is -0.126. The van der Waals surface area contributed by atoms with Crippen molar-refractivity contribution in [2.75, 3.05) is 6.61 Å². The van der Waals surface area contributed by atoms with Gasteiger partial charge < -0.3 is 15.8 Å². The van der Waals surface area contributed by atoms with Gasteiger partial charge in [0.2, 0.25) is 5.91 Å². The zero-order chi connectivity index (χ0) is 19.4. The number of hydrogen-bond acceptors (Lipinski definition) is 3. The first-order valence-corrected chi connectivity index (χ1v) is 9.49. The van der Waals surface area contributed by atoms with Gasteiger partial charge in [-0.3, -0.25) is 4.79 Å². The first-order chi connectivity index (χ1) is 13.0.